The van der Waals surface area contributed by atoms with E-state index in [9.17, 15) is 16.8 Å². The molecule has 0 bridgehead atoms. The van der Waals surface area contributed by atoms with Crippen LogP contribution in [-0.4, -0.2) is 48.1 Å². The lowest BCUT2D eigenvalue weighted by atomic mass is 10.0. The Morgan fingerprint density at radius 1 is 1.03 bits per heavy atom. The lowest BCUT2D eigenvalue weighted by Crippen LogP contribution is -2.53. The summed E-state index contributed by atoms with van der Waals surface area (Å²) in [6.45, 7) is 1.69. The average molecular weight is 467 g/mol. The van der Waals surface area contributed by atoms with Crippen LogP contribution in [0.1, 0.15) is 26.2 Å². The number of nitrogens with two attached hydrogens (primary N) is 4. The number of hydrogen-bond donors (Lipinski definition) is 7. The van der Waals surface area contributed by atoms with Gasteiger partial charge >= 0.3 is 0 Å². The molecular formula is C16H30N6O6S2. The van der Waals surface area contributed by atoms with Gasteiger partial charge in [0.05, 0.1) is 17.3 Å². The van der Waals surface area contributed by atoms with Gasteiger partial charge in [0.2, 0.25) is 0 Å². The molecule has 12 nitrogen and oxygen atoms in total. The van der Waals surface area contributed by atoms with E-state index >= 15 is 0 Å². The summed E-state index contributed by atoms with van der Waals surface area (Å²) < 4.78 is 57.1. The summed E-state index contributed by atoms with van der Waals surface area (Å²) in [4.78, 5) is 3.73. The highest BCUT2D eigenvalue weighted by Crippen LogP contribution is 2.13. The molecular weight excluding hydrogens is 436 g/mol. The van der Waals surface area contributed by atoms with E-state index in [0.717, 1.165) is 0 Å². The molecule has 1 aliphatic rings. The Labute approximate surface area is 176 Å². The molecule has 14 heteroatoms. The monoisotopic (exact) mass is 466 g/mol. The molecule has 1 aromatic rings. The van der Waals surface area contributed by atoms with Gasteiger partial charge in [0, 0.05) is 0 Å². The molecule has 0 fully saturated rings. The SMILES string of the molecule is CCCS(=O)(=O)O.NC1=CC=CC(N)(CCCS(=O)(=O)O)N1.Nc1cccc(N)n1. The van der Waals surface area contributed by atoms with Gasteiger partial charge in [-0.3, -0.25) is 9.11 Å². The number of rotatable bonds is 6. The minimum atomic E-state index is -3.92. The van der Waals surface area contributed by atoms with Crippen LogP contribution in [0.5, 0.6) is 0 Å². The molecule has 0 saturated carbocycles. The van der Waals surface area contributed by atoms with Crippen molar-refractivity contribution in [2.75, 3.05) is 23.0 Å². The molecule has 0 aliphatic carbocycles. The number of anilines is 2. The van der Waals surface area contributed by atoms with Crippen molar-refractivity contribution >= 4 is 31.9 Å². The number of hydrogen-bond acceptors (Lipinski definition) is 10. The predicted octanol–water partition coefficient (Wildman–Crippen LogP) is -0.201. The lowest BCUT2D eigenvalue weighted by Gasteiger charge is -2.30. The summed E-state index contributed by atoms with van der Waals surface area (Å²) in [6, 6.07) is 5.14. The van der Waals surface area contributed by atoms with Crippen molar-refractivity contribution in [3.05, 3.63) is 42.2 Å². The summed E-state index contributed by atoms with van der Waals surface area (Å²) in [5.41, 5.74) is 21.1. The van der Waals surface area contributed by atoms with Gasteiger partial charge in [0.15, 0.2) is 0 Å². The van der Waals surface area contributed by atoms with Crippen LogP contribution in [-0.2, 0) is 20.2 Å². The topological polar surface area (TPSA) is 238 Å². The molecule has 0 amide bonds. The zero-order valence-electron chi connectivity index (χ0n) is 16.6. The Morgan fingerprint density at radius 2 is 1.57 bits per heavy atom. The number of nitrogens with one attached hydrogen (secondary N) is 1. The van der Waals surface area contributed by atoms with Crippen LogP contribution in [0.3, 0.4) is 0 Å². The molecule has 1 aliphatic heterocycles. The maximum absolute atomic E-state index is 10.5. The third-order valence-corrected chi connectivity index (χ3v) is 5.02. The minimum Gasteiger partial charge on any atom is -0.385 e. The summed E-state index contributed by atoms with van der Waals surface area (Å²) >= 11 is 0. The molecule has 2 heterocycles. The van der Waals surface area contributed by atoms with E-state index in [-0.39, 0.29) is 17.9 Å². The second kappa shape index (κ2) is 12.3. The van der Waals surface area contributed by atoms with Gasteiger partial charge < -0.3 is 28.3 Å². The van der Waals surface area contributed by atoms with E-state index in [2.05, 4.69) is 10.3 Å². The normalized spacial score (nSPS) is 18.1. The van der Waals surface area contributed by atoms with E-state index in [1.54, 1.807) is 43.4 Å². The van der Waals surface area contributed by atoms with Crippen molar-refractivity contribution in [1.82, 2.24) is 10.3 Å². The first-order valence-corrected chi connectivity index (χ1v) is 12.0. The van der Waals surface area contributed by atoms with Crippen LogP contribution >= 0.6 is 0 Å². The third-order valence-electron chi connectivity index (χ3n) is 3.29. The quantitative estimate of drug-likeness (QED) is 0.270. The van der Waals surface area contributed by atoms with Gasteiger partial charge in [0.1, 0.15) is 17.3 Å². The van der Waals surface area contributed by atoms with E-state index < -0.39 is 25.9 Å². The Kier molecular flexibility index (Phi) is 11.4. The van der Waals surface area contributed by atoms with E-state index in [1.165, 1.54) is 0 Å². The number of pyridine rings is 1. The van der Waals surface area contributed by atoms with Crippen molar-refractivity contribution < 1.29 is 25.9 Å². The van der Waals surface area contributed by atoms with Crippen LogP contribution in [0.2, 0.25) is 0 Å². The zero-order chi connectivity index (χ0) is 23.4. The number of nitrogen functional groups attached to an aromatic ring is 2. The van der Waals surface area contributed by atoms with Gasteiger partial charge in [0.25, 0.3) is 20.2 Å². The van der Waals surface area contributed by atoms with Crippen LogP contribution in [0, 0.1) is 0 Å². The summed E-state index contributed by atoms with van der Waals surface area (Å²) in [5.74, 6) is 0.930. The first-order valence-electron chi connectivity index (χ1n) is 8.76. The largest absolute Gasteiger partial charge is 0.385 e. The Bertz CT molecular complexity index is 916. The first-order chi connectivity index (χ1) is 13.7. The molecule has 1 aromatic heterocycles. The minimum absolute atomic E-state index is 0.132. The maximum atomic E-state index is 10.5. The second-order valence-electron chi connectivity index (χ2n) is 6.31. The van der Waals surface area contributed by atoms with Gasteiger partial charge in [-0.1, -0.05) is 19.1 Å². The molecule has 2 rings (SSSR count). The summed E-state index contributed by atoms with van der Waals surface area (Å²) in [5, 5.41) is 2.83. The fourth-order valence-corrected chi connectivity index (χ4v) is 3.12. The number of dihydropyridines is 1. The molecule has 0 radical (unpaired) electrons. The number of allylic oxidation sites excluding steroid dienone is 2. The van der Waals surface area contributed by atoms with Crippen molar-refractivity contribution in [3.63, 3.8) is 0 Å². The smallest absolute Gasteiger partial charge is 0.264 e. The summed E-state index contributed by atoms with van der Waals surface area (Å²) in [6.07, 6.45) is 6.18. The Morgan fingerprint density at radius 3 is 1.90 bits per heavy atom. The third kappa shape index (κ3) is 15.5. The van der Waals surface area contributed by atoms with Gasteiger partial charge in [-0.05, 0) is 43.5 Å². The first kappa shape index (κ1) is 27.6. The van der Waals surface area contributed by atoms with Crippen molar-refractivity contribution in [2.45, 2.75) is 31.8 Å². The fraction of sp³-hybridized carbons (Fsp3) is 0.438. The number of aromatic nitrogens is 1. The molecule has 0 spiro atoms. The molecule has 0 aromatic carbocycles. The highest BCUT2D eigenvalue weighted by atomic mass is 32.2. The zero-order valence-corrected chi connectivity index (χ0v) is 18.2. The van der Waals surface area contributed by atoms with Gasteiger partial charge in [-0.25, -0.2) is 4.98 Å². The molecule has 172 valence electrons. The number of nitrogens with zero attached hydrogens (tertiary/aromatic N) is 1. The second-order valence-corrected chi connectivity index (χ2v) is 9.45. The van der Waals surface area contributed by atoms with Crippen molar-refractivity contribution in [1.29, 1.82) is 0 Å². The van der Waals surface area contributed by atoms with E-state index in [1.807, 2.05) is 0 Å². The Hall–Kier alpha value is -2.39. The van der Waals surface area contributed by atoms with E-state index in [0.29, 0.717) is 30.3 Å². The highest BCUT2D eigenvalue weighted by molar-refractivity contribution is 7.86. The van der Waals surface area contributed by atoms with Crippen molar-refractivity contribution in [3.8, 4) is 0 Å². The van der Waals surface area contributed by atoms with E-state index in [4.69, 9.17) is 32.0 Å². The molecule has 11 N–H and O–H groups in total. The van der Waals surface area contributed by atoms with Crippen LogP contribution in [0.4, 0.5) is 11.6 Å². The Balaban J connectivity index is 0.000000471. The molecule has 1 unspecified atom stereocenters. The fourth-order valence-electron chi connectivity index (χ4n) is 2.10. The molecule has 1 atom stereocenters. The van der Waals surface area contributed by atoms with Gasteiger partial charge in [-0.2, -0.15) is 16.8 Å². The molecule has 30 heavy (non-hydrogen) atoms. The average Bonchev–Trinajstić information content (AvgIpc) is 2.53. The van der Waals surface area contributed by atoms with Crippen LogP contribution in [0.25, 0.3) is 0 Å². The predicted molar refractivity (Wildman–Crippen MR) is 117 cm³/mol. The van der Waals surface area contributed by atoms with Crippen LogP contribution < -0.4 is 28.3 Å². The lowest BCUT2D eigenvalue weighted by molar-refractivity contribution is 0.408. The van der Waals surface area contributed by atoms with Crippen LogP contribution in [0.15, 0.2) is 42.2 Å². The maximum Gasteiger partial charge on any atom is 0.264 e. The highest BCUT2D eigenvalue weighted by Gasteiger charge is 2.23. The van der Waals surface area contributed by atoms with Gasteiger partial charge in [-0.15, -0.1) is 0 Å². The molecule has 0 saturated heterocycles. The van der Waals surface area contributed by atoms with Crippen molar-refractivity contribution in [2.24, 2.45) is 11.5 Å². The standard InChI is InChI=1S/C8H15N3O3S.C5H7N3.C3H8O3S/c9-7-3-1-4-8(10,11-7)5-2-6-15(12,13)14;6-4-2-1-3-5(7)8-4;1-2-3-7(4,5)6/h1,3-4,11H,2,5-6,9-10H2,(H,12,13,14);1-3H,(H4,6,7,8);2-3H2,1H3,(H,4,5,6). The summed E-state index contributed by atoms with van der Waals surface area (Å²) in [7, 11) is -7.59.